The highest BCUT2D eigenvalue weighted by atomic mass is 32.2. The molecule has 3 aromatic carbocycles. The van der Waals surface area contributed by atoms with Crippen LogP contribution >= 0.6 is 0 Å². The summed E-state index contributed by atoms with van der Waals surface area (Å²) in [7, 11) is -1.97. The molecule has 0 radical (unpaired) electrons. The highest BCUT2D eigenvalue weighted by Crippen LogP contribution is 2.23. The molecule has 0 spiro atoms. The lowest BCUT2D eigenvalue weighted by molar-refractivity contribution is 0.0696. The van der Waals surface area contributed by atoms with Gasteiger partial charge in [0, 0.05) is 13.5 Å². The summed E-state index contributed by atoms with van der Waals surface area (Å²) in [6.45, 7) is 0. The topological polar surface area (TPSA) is 125 Å². The molecule has 0 aliphatic rings. The number of rotatable bonds is 7. The molecule has 9 heteroatoms. The van der Waals surface area contributed by atoms with Gasteiger partial charge in [0.05, 0.1) is 38.8 Å². The minimum atomic E-state index is -3.88. The van der Waals surface area contributed by atoms with E-state index in [4.69, 9.17) is 10.4 Å². The van der Waals surface area contributed by atoms with Crippen LogP contribution in [0.4, 0.5) is 5.69 Å². The predicted molar refractivity (Wildman–Crippen MR) is 123 cm³/mol. The lowest BCUT2D eigenvalue weighted by Gasteiger charge is -2.08. The Labute approximate surface area is 190 Å². The Kier molecular flexibility index (Phi) is 5.85. The first-order valence-electron chi connectivity index (χ1n) is 10.1. The first-order chi connectivity index (χ1) is 15.8. The quantitative estimate of drug-likeness (QED) is 0.433. The lowest BCUT2D eigenvalue weighted by Crippen LogP contribution is -2.13. The van der Waals surface area contributed by atoms with E-state index in [-0.39, 0.29) is 10.5 Å². The lowest BCUT2D eigenvalue weighted by atomic mass is 10.1. The monoisotopic (exact) mass is 460 g/mol. The summed E-state index contributed by atoms with van der Waals surface area (Å²) in [5.74, 6) is -0.263. The summed E-state index contributed by atoms with van der Waals surface area (Å²) in [5.41, 5.74) is 3.63. The number of aromatic carboxylic acids is 1. The van der Waals surface area contributed by atoms with Crippen LogP contribution in [0.5, 0.6) is 0 Å². The molecule has 0 saturated carbocycles. The maximum absolute atomic E-state index is 12.7. The van der Waals surface area contributed by atoms with Crippen molar-refractivity contribution in [2.75, 3.05) is 4.72 Å². The minimum Gasteiger partial charge on any atom is -0.478 e. The fraction of sp³-hybridized carbons (Fsp3) is 0.125. The molecule has 33 heavy (non-hydrogen) atoms. The number of nitriles is 1. The number of carboxylic acid groups (broad SMARTS) is 1. The summed E-state index contributed by atoms with van der Waals surface area (Å²) < 4.78 is 29.9. The number of fused-ring (bicyclic) bond motifs is 1. The van der Waals surface area contributed by atoms with Crippen LogP contribution in [-0.2, 0) is 29.9 Å². The zero-order chi connectivity index (χ0) is 23.6. The molecule has 0 fully saturated rings. The van der Waals surface area contributed by atoms with Crippen molar-refractivity contribution in [2.45, 2.75) is 17.7 Å². The number of sulfonamides is 1. The standard InChI is InChI=1S/C24H20N4O4S/c1-28-22-12-9-19(27-33(31,32)20-10-7-18(8-11-20)24(29)30)14-21(22)26-23(28)13-6-16-2-4-17(15-25)5-3-16/h2-5,7-12,14,27H,6,13H2,1H3,(H,29,30). The Morgan fingerprint density at radius 2 is 1.76 bits per heavy atom. The SMILES string of the molecule is Cn1c(CCc2ccc(C#N)cc2)nc2cc(NS(=O)(=O)c3ccc(C(=O)O)cc3)ccc21. The van der Waals surface area contributed by atoms with Crippen molar-refractivity contribution in [1.82, 2.24) is 9.55 Å². The van der Waals surface area contributed by atoms with Gasteiger partial charge in [-0.3, -0.25) is 4.72 Å². The van der Waals surface area contributed by atoms with Crippen LogP contribution in [0.1, 0.15) is 27.3 Å². The third-order valence-electron chi connectivity index (χ3n) is 5.36. The molecule has 166 valence electrons. The second kappa shape index (κ2) is 8.76. The first-order valence-corrected chi connectivity index (χ1v) is 11.6. The molecular weight excluding hydrogens is 440 g/mol. The van der Waals surface area contributed by atoms with Crippen LogP contribution < -0.4 is 4.72 Å². The van der Waals surface area contributed by atoms with Gasteiger partial charge in [0.15, 0.2) is 0 Å². The van der Waals surface area contributed by atoms with E-state index in [0.29, 0.717) is 23.2 Å². The number of aryl methyl sites for hydroxylation is 3. The average Bonchev–Trinajstić information content (AvgIpc) is 3.12. The summed E-state index contributed by atoms with van der Waals surface area (Å²) in [6, 6.07) is 19.7. The molecule has 1 aromatic heterocycles. The molecule has 4 aromatic rings. The maximum atomic E-state index is 12.7. The fourth-order valence-corrected chi connectivity index (χ4v) is 4.58. The molecule has 0 unspecified atom stereocenters. The van der Waals surface area contributed by atoms with E-state index in [0.717, 1.165) is 23.3 Å². The summed E-state index contributed by atoms with van der Waals surface area (Å²) >= 11 is 0. The van der Waals surface area contributed by atoms with E-state index in [1.165, 1.54) is 24.3 Å². The number of nitrogens with one attached hydrogen (secondary N) is 1. The van der Waals surface area contributed by atoms with Crippen LogP contribution in [0, 0.1) is 11.3 Å². The summed E-state index contributed by atoms with van der Waals surface area (Å²) in [6.07, 6.45) is 1.45. The second-order valence-electron chi connectivity index (χ2n) is 7.53. The average molecular weight is 461 g/mol. The van der Waals surface area contributed by atoms with Crippen LogP contribution in [-0.4, -0.2) is 29.0 Å². The number of hydrogen-bond acceptors (Lipinski definition) is 5. The van der Waals surface area contributed by atoms with Crippen molar-refractivity contribution < 1.29 is 18.3 Å². The second-order valence-corrected chi connectivity index (χ2v) is 9.22. The Hall–Kier alpha value is -4.16. The highest BCUT2D eigenvalue weighted by Gasteiger charge is 2.16. The number of carbonyl (C=O) groups is 1. The van der Waals surface area contributed by atoms with Crippen LogP contribution in [0.15, 0.2) is 71.6 Å². The van der Waals surface area contributed by atoms with E-state index in [1.807, 2.05) is 23.7 Å². The van der Waals surface area contributed by atoms with Crippen molar-refractivity contribution in [3.63, 3.8) is 0 Å². The third kappa shape index (κ3) is 4.71. The van der Waals surface area contributed by atoms with E-state index in [1.54, 1.807) is 30.3 Å². The molecule has 0 aliphatic carbocycles. The molecule has 8 nitrogen and oxygen atoms in total. The van der Waals surface area contributed by atoms with Crippen LogP contribution in [0.3, 0.4) is 0 Å². The van der Waals surface area contributed by atoms with Crippen molar-refractivity contribution in [3.05, 3.63) is 89.2 Å². The van der Waals surface area contributed by atoms with Crippen molar-refractivity contribution in [1.29, 1.82) is 5.26 Å². The number of nitrogens with zero attached hydrogens (tertiary/aromatic N) is 3. The number of benzene rings is 3. The number of imidazole rings is 1. The van der Waals surface area contributed by atoms with E-state index in [9.17, 15) is 13.2 Å². The minimum absolute atomic E-state index is 0.0115. The molecule has 0 atom stereocenters. The Morgan fingerprint density at radius 3 is 2.39 bits per heavy atom. The van der Waals surface area contributed by atoms with Crippen molar-refractivity contribution in [2.24, 2.45) is 7.05 Å². The van der Waals surface area contributed by atoms with Gasteiger partial charge in [0.2, 0.25) is 0 Å². The molecule has 1 heterocycles. The number of anilines is 1. The smallest absolute Gasteiger partial charge is 0.335 e. The van der Waals surface area contributed by atoms with Crippen LogP contribution in [0.2, 0.25) is 0 Å². The van der Waals surface area contributed by atoms with Gasteiger partial charge in [0.25, 0.3) is 10.0 Å². The van der Waals surface area contributed by atoms with E-state index >= 15 is 0 Å². The van der Waals surface area contributed by atoms with Gasteiger partial charge in [-0.05, 0) is 66.6 Å². The summed E-state index contributed by atoms with van der Waals surface area (Å²) in [5, 5.41) is 17.9. The largest absolute Gasteiger partial charge is 0.478 e. The predicted octanol–water partition coefficient (Wildman–Crippen LogP) is 3.73. The zero-order valence-corrected chi connectivity index (χ0v) is 18.5. The first kappa shape index (κ1) is 22.0. The molecule has 0 bridgehead atoms. The van der Waals surface area contributed by atoms with Gasteiger partial charge < -0.3 is 9.67 Å². The normalized spacial score (nSPS) is 11.3. The fourth-order valence-electron chi connectivity index (χ4n) is 3.53. The summed E-state index contributed by atoms with van der Waals surface area (Å²) in [4.78, 5) is 15.6. The van der Waals surface area contributed by atoms with E-state index < -0.39 is 16.0 Å². The third-order valence-corrected chi connectivity index (χ3v) is 6.75. The maximum Gasteiger partial charge on any atom is 0.335 e. The van der Waals surface area contributed by atoms with Gasteiger partial charge in [-0.1, -0.05) is 12.1 Å². The van der Waals surface area contributed by atoms with Gasteiger partial charge in [-0.25, -0.2) is 18.2 Å². The highest BCUT2D eigenvalue weighted by molar-refractivity contribution is 7.92. The number of carboxylic acids is 1. The molecule has 2 N–H and O–H groups in total. The van der Waals surface area contributed by atoms with Crippen molar-refractivity contribution in [3.8, 4) is 6.07 Å². The zero-order valence-electron chi connectivity index (χ0n) is 17.7. The Morgan fingerprint density at radius 1 is 1.06 bits per heavy atom. The Bertz CT molecular complexity index is 1480. The van der Waals surface area contributed by atoms with Crippen LogP contribution in [0.25, 0.3) is 11.0 Å². The van der Waals surface area contributed by atoms with Gasteiger partial charge in [0.1, 0.15) is 5.82 Å². The molecule has 0 aliphatic heterocycles. The van der Waals surface area contributed by atoms with Gasteiger partial charge in [-0.2, -0.15) is 5.26 Å². The Balaban J connectivity index is 1.53. The molecular formula is C24H20N4O4S. The van der Waals surface area contributed by atoms with Gasteiger partial charge in [-0.15, -0.1) is 0 Å². The molecule has 4 rings (SSSR count). The van der Waals surface area contributed by atoms with Gasteiger partial charge >= 0.3 is 5.97 Å². The number of hydrogen-bond donors (Lipinski definition) is 2. The molecule has 0 saturated heterocycles. The number of aromatic nitrogens is 2. The van der Waals surface area contributed by atoms with Crippen molar-refractivity contribution >= 4 is 32.7 Å². The van der Waals surface area contributed by atoms with E-state index in [2.05, 4.69) is 15.8 Å². The molecule has 0 amide bonds.